The Balaban J connectivity index is 2.24. The van der Waals surface area contributed by atoms with Gasteiger partial charge in [-0.15, -0.1) is 0 Å². The average molecular weight is 349 g/mol. The maximum Gasteiger partial charge on any atom is 0.323 e. The molecule has 1 heterocycles. The van der Waals surface area contributed by atoms with Crippen LogP contribution in [-0.2, 0) is 19.1 Å². The zero-order chi connectivity index (χ0) is 18.6. The van der Waals surface area contributed by atoms with Crippen molar-refractivity contribution in [1.82, 2.24) is 5.32 Å². The van der Waals surface area contributed by atoms with E-state index in [-0.39, 0.29) is 18.0 Å². The summed E-state index contributed by atoms with van der Waals surface area (Å²) in [6.45, 7) is 7.57. The molecule has 2 rings (SSSR count). The van der Waals surface area contributed by atoms with Gasteiger partial charge in [0.05, 0.1) is 19.6 Å². The summed E-state index contributed by atoms with van der Waals surface area (Å²) in [5, 5.41) is 3.23. The largest absolute Gasteiger partial charge is 0.497 e. The van der Waals surface area contributed by atoms with E-state index in [0.29, 0.717) is 13.0 Å². The fourth-order valence-corrected chi connectivity index (χ4v) is 2.95. The number of carbonyl (C=O) groups excluding carboxylic acids is 2. The third kappa shape index (κ3) is 4.95. The van der Waals surface area contributed by atoms with Crippen LogP contribution in [0.15, 0.2) is 24.3 Å². The number of hydrogen-bond donors (Lipinski definition) is 1. The first-order chi connectivity index (χ1) is 11.7. The molecule has 1 saturated heterocycles. The Hall–Kier alpha value is -2.08. The fraction of sp³-hybridized carbons (Fsp3) is 0.579. The van der Waals surface area contributed by atoms with E-state index in [1.165, 1.54) is 0 Å². The van der Waals surface area contributed by atoms with Crippen molar-refractivity contribution < 1.29 is 23.8 Å². The molecule has 0 spiro atoms. The van der Waals surface area contributed by atoms with E-state index < -0.39 is 17.6 Å². The van der Waals surface area contributed by atoms with Crippen LogP contribution >= 0.6 is 0 Å². The molecule has 0 aromatic heterocycles. The molecule has 1 fully saturated rings. The van der Waals surface area contributed by atoms with Gasteiger partial charge in [0.25, 0.3) is 0 Å². The number of nitrogens with one attached hydrogen (secondary N) is 1. The molecule has 0 amide bonds. The number of carbonyl (C=O) groups is 2. The summed E-state index contributed by atoms with van der Waals surface area (Å²) < 4.78 is 15.8. The van der Waals surface area contributed by atoms with Crippen molar-refractivity contribution in [3.05, 3.63) is 29.8 Å². The van der Waals surface area contributed by atoms with E-state index in [9.17, 15) is 9.59 Å². The Morgan fingerprint density at radius 3 is 2.32 bits per heavy atom. The number of hydrogen-bond acceptors (Lipinski definition) is 6. The van der Waals surface area contributed by atoms with Crippen LogP contribution in [0.4, 0.5) is 0 Å². The van der Waals surface area contributed by atoms with Gasteiger partial charge in [0, 0.05) is 6.04 Å². The van der Waals surface area contributed by atoms with E-state index >= 15 is 0 Å². The van der Waals surface area contributed by atoms with Crippen LogP contribution in [0.3, 0.4) is 0 Å². The highest BCUT2D eigenvalue weighted by Crippen LogP contribution is 2.35. The highest BCUT2D eigenvalue weighted by molar-refractivity contribution is 5.81. The predicted octanol–water partition coefficient (Wildman–Crippen LogP) is 2.62. The summed E-state index contributed by atoms with van der Waals surface area (Å²) in [6, 6.07) is 6.62. The molecular formula is C19H27NO5. The molecule has 0 aliphatic carbocycles. The standard InChI is InChI=1S/C19H27NO5/c1-6-24-18(22)15-11-14(17(21)25-19(2,3)4)16(20-15)12-7-9-13(23-5)10-8-12/h7-10,14-16,20H,6,11H2,1-5H3/t14-,15-,16-/m1/s1. The van der Waals surface area contributed by atoms with E-state index in [1.54, 1.807) is 14.0 Å². The minimum absolute atomic E-state index is 0.307. The molecule has 0 saturated carbocycles. The Morgan fingerprint density at radius 1 is 1.16 bits per heavy atom. The van der Waals surface area contributed by atoms with Crippen molar-refractivity contribution in [2.75, 3.05) is 13.7 Å². The number of rotatable bonds is 5. The lowest BCUT2D eigenvalue weighted by Gasteiger charge is -2.25. The molecule has 1 aliphatic heterocycles. The van der Waals surface area contributed by atoms with Crippen molar-refractivity contribution in [3.8, 4) is 5.75 Å². The first kappa shape index (κ1) is 19.2. The number of methoxy groups -OCH3 is 1. The lowest BCUT2D eigenvalue weighted by molar-refractivity contribution is -0.160. The lowest BCUT2D eigenvalue weighted by atomic mass is 9.93. The summed E-state index contributed by atoms with van der Waals surface area (Å²) in [5.74, 6) is -0.376. The third-order valence-corrected chi connectivity index (χ3v) is 4.03. The number of benzene rings is 1. The van der Waals surface area contributed by atoms with Crippen LogP contribution in [0.25, 0.3) is 0 Å². The fourth-order valence-electron chi connectivity index (χ4n) is 2.95. The topological polar surface area (TPSA) is 73.9 Å². The van der Waals surface area contributed by atoms with Crippen molar-refractivity contribution in [2.24, 2.45) is 5.92 Å². The maximum absolute atomic E-state index is 12.7. The van der Waals surface area contributed by atoms with Crippen molar-refractivity contribution >= 4 is 11.9 Å². The van der Waals surface area contributed by atoms with Crippen LogP contribution in [0.2, 0.25) is 0 Å². The van der Waals surface area contributed by atoms with Gasteiger partial charge in [-0.05, 0) is 51.8 Å². The molecule has 25 heavy (non-hydrogen) atoms. The second-order valence-corrected chi connectivity index (χ2v) is 7.10. The van der Waals surface area contributed by atoms with Gasteiger partial charge in [0.2, 0.25) is 0 Å². The first-order valence-corrected chi connectivity index (χ1v) is 8.54. The minimum Gasteiger partial charge on any atom is -0.497 e. The monoisotopic (exact) mass is 349 g/mol. The van der Waals surface area contributed by atoms with Crippen LogP contribution in [0.1, 0.15) is 45.7 Å². The van der Waals surface area contributed by atoms with Crippen molar-refractivity contribution in [1.29, 1.82) is 0 Å². The SMILES string of the molecule is CCOC(=O)[C@H]1C[C@@H](C(=O)OC(C)(C)C)[C@@H](c2ccc(OC)cc2)N1. The van der Waals surface area contributed by atoms with Crippen molar-refractivity contribution in [3.63, 3.8) is 0 Å². The van der Waals surface area contributed by atoms with E-state index in [4.69, 9.17) is 14.2 Å². The normalized spacial score (nSPS) is 23.2. The summed E-state index contributed by atoms with van der Waals surface area (Å²) in [4.78, 5) is 24.8. The number of ether oxygens (including phenoxy) is 3. The van der Waals surface area contributed by atoms with E-state index in [1.807, 2.05) is 45.0 Å². The Labute approximate surface area is 148 Å². The zero-order valence-corrected chi connectivity index (χ0v) is 15.5. The summed E-state index contributed by atoms with van der Waals surface area (Å²) >= 11 is 0. The first-order valence-electron chi connectivity index (χ1n) is 8.54. The molecule has 0 radical (unpaired) electrons. The van der Waals surface area contributed by atoms with E-state index in [0.717, 1.165) is 11.3 Å². The van der Waals surface area contributed by atoms with Gasteiger partial charge in [0.1, 0.15) is 17.4 Å². The Kier molecular flexibility index (Phi) is 6.06. The molecule has 1 aromatic carbocycles. The highest BCUT2D eigenvalue weighted by atomic mass is 16.6. The molecule has 138 valence electrons. The van der Waals surface area contributed by atoms with Gasteiger partial charge in [-0.3, -0.25) is 14.9 Å². The summed E-state index contributed by atoms with van der Waals surface area (Å²) in [6.07, 6.45) is 0.352. The van der Waals surface area contributed by atoms with Gasteiger partial charge in [-0.1, -0.05) is 12.1 Å². The quantitative estimate of drug-likeness (QED) is 0.824. The molecule has 1 N–H and O–H groups in total. The Bertz CT molecular complexity index is 605. The summed E-state index contributed by atoms with van der Waals surface area (Å²) in [7, 11) is 1.60. The van der Waals surface area contributed by atoms with E-state index in [2.05, 4.69) is 5.32 Å². The van der Waals surface area contributed by atoms with Gasteiger partial charge in [-0.25, -0.2) is 0 Å². The average Bonchev–Trinajstić information content (AvgIpc) is 2.99. The highest BCUT2D eigenvalue weighted by Gasteiger charge is 2.44. The second-order valence-electron chi connectivity index (χ2n) is 7.10. The van der Waals surface area contributed by atoms with Crippen molar-refractivity contribution in [2.45, 2.75) is 51.8 Å². The minimum atomic E-state index is -0.580. The molecule has 1 aliphatic rings. The molecular weight excluding hydrogens is 322 g/mol. The van der Waals surface area contributed by atoms with Gasteiger partial charge in [-0.2, -0.15) is 0 Å². The molecule has 0 bridgehead atoms. The molecule has 0 unspecified atom stereocenters. The zero-order valence-electron chi connectivity index (χ0n) is 15.5. The third-order valence-electron chi connectivity index (χ3n) is 4.03. The molecule has 3 atom stereocenters. The van der Waals surface area contributed by atoms with Crippen LogP contribution in [-0.4, -0.2) is 37.3 Å². The molecule has 1 aromatic rings. The number of esters is 2. The Morgan fingerprint density at radius 2 is 1.80 bits per heavy atom. The lowest BCUT2D eigenvalue weighted by Crippen LogP contribution is -2.34. The maximum atomic E-state index is 12.7. The predicted molar refractivity (Wildman–Crippen MR) is 93.2 cm³/mol. The molecule has 6 heteroatoms. The van der Waals surface area contributed by atoms with Gasteiger partial charge < -0.3 is 14.2 Å². The molecule has 6 nitrogen and oxygen atoms in total. The van der Waals surface area contributed by atoms with Gasteiger partial charge >= 0.3 is 11.9 Å². The summed E-state index contributed by atoms with van der Waals surface area (Å²) in [5.41, 5.74) is 0.326. The second kappa shape index (κ2) is 7.87. The van der Waals surface area contributed by atoms with Crippen LogP contribution in [0, 0.1) is 5.92 Å². The van der Waals surface area contributed by atoms with Gasteiger partial charge in [0.15, 0.2) is 0 Å². The smallest absolute Gasteiger partial charge is 0.323 e. The van der Waals surface area contributed by atoms with Crippen LogP contribution < -0.4 is 10.1 Å². The van der Waals surface area contributed by atoms with Crippen LogP contribution in [0.5, 0.6) is 5.75 Å².